The van der Waals surface area contributed by atoms with Crippen LogP contribution in [-0.4, -0.2) is 36.1 Å². The Hall–Kier alpha value is -1.13. The van der Waals surface area contributed by atoms with Crippen LogP contribution in [0.3, 0.4) is 0 Å². The summed E-state index contributed by atoms with van der Waals surface area (Å²) in [5, 5.41) is 0. The lowest BCUT2D eigenvalue weighted by Crippen LogP contribution is -2.35. The molecular formula is C13H21N3O. The lowest BCUT2D eigenvalue weighted by atomic mass is 10.1. The average Bonchev–Trinajstić information content (AvgIpc) is 2.32. The maximum Gasteiger partial charge on any atom is 0.127 e. The molecule has 0 aliphatic carbocycles. The number of nitrogens with two attached hydrogens (primary N) is 1. The Morgan fingerprint density at radius 3 is 2.82 bits per heavy atom. The highest BCUT2D eigenvalue weighted by Gasteiger charge is 2.19. The summed E-state index contributed by atoms with van der Waals surface area (Å²) in [4.78, 5) is 6.58. The van der Waals surface area contributed by atoms with Crippen molar-refractivity contribution in [1.29, 1.82) is 0 Å². The second-order valence-electron chi connectivity index (χ2n) is 4.76. The van der Waals surface area contributed by atoms with Crippen LogP contribution in [0.4, 0.5) is 0 Å². The van der Waals surface area contributed by atoms with Crippen LogP contribution in [-0.2, 0) is 6.54 Å². The summed E-state index contributed by atoms with van der Waals surface area (Å²) in [6.45, 7) is 4.66. The summed E-state index contributed by atoms with van der Waals surface area (Å²) in [6.07, 6.45) is 4.31. The smallest absolute Gasteiger partial charge is 0.127 e. The molecule has 0 aromatic carbocycles. The molecule has 0 atom stereocenters. The van der Waals surface area contributed by atoms with Crippen LogP contribution >= 0.6 is 0 Å². The zero-order chi connectivity index (χ0) is 12.3. The molecule has 1 aromatic heterocycles. The monoisotopic (exact) mass is 235 g/mol. The Kier molecular flexibility index (Phi) is 3.97. The van der Waals surface area contributed by atoms with Crippen molar-refractivity contribution in [3.05, 3.63) is 23.5 Å². The minimum Gasteiger partial charge on any atom is -0.490 e. The number of nitrogens with zero attached hydrogens (tertiary/aromatic N) is 2. The van der Waals surface area contributed by atoms with Gasteiger partial charge in [0.05, 0.1) is 0 Å². The van der Waals surface area contributed by atoms with Crippen LogP contribution in [0.25, 0.3) is 0 Å². The molecule has 1 fully saturated rings. The number of pyridine rings is 1. The van der Waals surface area contributed by atoms with Crippen molar-refractivity contribution >= 4 is 0 Å². The molecule has 4 nitrogen and oxygen atoms in total. The van der Waals surface area contributed by atoms with Crippen molar-refractivity contribution in [1.82, 2.24) is 9.88 Å². The number of aromatic nitrogens is 1. The molecular weight excluding hydrogens is 214 g/mol. The summed E-state index contributed by atoms with van der Waals surface area (Å²) < 4.78 is 6.06. The highest BCUT2D eigenvalue weighted by Crippen LogP contribution is 2.22. The van der Waals surface area contributed by atoms with E-state index < -0.39 is 0 Å². The van der Waals surface area contributed by atoms with E-state index in [9.17, 15) is 0 Å². The topological polar surface area (TPSA) is 51.4 Å². The average molecular weight is 235 g/mol. The van der Waals surface area contributed by atoms with E-state index in [0.29, 0.717) is 12.6 Å². The fourth-order valence-electron chi connectivity index (χ4n) is 2.11. The van der Waals surface area contributed by atoms with Gasteiger partial charge in [0, 0.05) is 43.2 Å². The van der Waals surface area contributed by atoms with Crippen LogP contribution in [0.5, 0.6) is 5.75 Å². The lowest BCUT2D eigenvalue weighted by Gasteiger charge is -2.29. The van der Waals surface area contributed by atoms with E-state index in [4.69, 9.17) is 10.5 Å². The molecule has 0 radical (unpaired) electrons. The van der Waals surface area contributed by atoms with Gasteiger partial charge in [-0.1, -0.05) is 0 Å². The first kappa shape index (κ1) is 12.3. The van der Waals surface area contributed by atoms with E-state index in [2.05, 4.69) is 16.9 Å². The Bertz CT molecular complexity index is 373. The minimum absolute atomic E-state index is 0.318. The Morgan fingerprint density at radius 1 is 1.47 bits per heavy atom. The van der Waals surface area contributed by atoms with Gasteiger partial charge in [0.25, 0.3) is 0 Å². The Morgan fingerprint density at radius 2 is 2.18 bits per heavy atom. The molecule has 94 valence electrons. The first-order valence-corrected chi connectivity index (χ1v) is 6.20. The van der Waals surface area contributed by atoms with Crippen LogP contribution in [0.2, 0.25) is 0 Å². The second kappa shape index (κ2) is 5.47. The number of likely N-dealkylation sites (tertiary alicyclic amines) is 1. The molecule has 1 aliphatic rings. The highest BCUT2D eigenvalue weighted by atomic mass is 16.5. The van der Waals surface area contributed by atoms with Crippen molar-refractivity contribution in [2.75, 3.05) is 20.1 Å². The fourth-order valence-corrected chi connectivity index (χ4v) is 2.11. The van der Waals surface area contributed by atoms with E-state index in [0.717, 1.165) is 42.9 Å². The second-order valence-corrected chi connectivity index (χ2v) is 4.76. The molecule has 2 heterocycles. The Labute approximate surface area is 103 Å². The first-order valence-electron chi connectivity index (χ1n) is 6.20. The molecule has 0 bridgehead atoms. The van der Waals surface area contributed by atoms with E-state index >= 15 is 0 Å². The quantitative estimate of drug-likeness (QED) is 0.858. The third kappa shape index (κ3) is 3.17. The normalized spacial score (nSPS) is 18.3. The number of rotatable bonds is 3. The van der Waals surface area contributed by atoms with Crippen molar-refractivity contribution in [3.63, 3.8) is 0 Å². The predicted octanol–water partition coefficient (Wildman–Crippen LogP) is 1.32. The van der Waals surface area contributed by atoms with E-state index in [1.165, 1.54) is 0 Å². The fraction of sp³-hybridized carbons (Fsp3) is 0.615. The summed E-state index contributed by atoms with van der Waals surface area (Å²) in [5.74, 6) is 0.912. The zero-order valence-electron chi connectivity index (χ0n) is 10.6. The summed E-state index contributed by atoms with van der Waals surface area (Å²) in [7, 11) is 2.15. The van der Waals surface area contributed by atoms with Crippen LogP contribution in [0.15, 0.2) is 12.3 Å². The van der Waals surface area contributed by atoms with Gasteiger partial charge in [0.2, 0.25) is 0 Å². The van der Waals surface area contributed by atoms with Crippen molar-refractivity contribution in [2.24, 2.45) is 5.73 Å². The molecule has 2 N–H and O–H groups in total. The largest absolute Gasteiger partial charge is 0.490 e. The van der Waals surface area contributed by atoms with E-state index in [1.54, 1.807) is 0 Å². The molecule has 4 heteroatoms. The molecule has 2 rings (SSSR count). The number of aryl methyl sites for hydroxylation is 1. The van der Waals surface area contributed by atoms with Gasteiger partial charge in [0.1, 0.15) is 11.9 Å². The summed E-state index contributed by atoms with van der Waals surface area (Å²) in [5.41, 5.74) is 7.67. The van der Waals surface area contributed by atoms with Gasteiger partial charge < -0.3 is 15.4 Å². The van der Waals surface area contributed by atoms with Crippen molar-refractivity contribution in [2.45, 2.75) is 32.4 Å². The van der Waals surface area contributed by atoms with E-state index in [1.807, 2.05) is 19.2 Å². The van der Waals surface area contributed by atoms with Gasteiger partial charge in [0.15, 0.2) is 0 Å². The van der Waals surface area contributed by atoms with Crippen molar-refractivity contribution in [3.8, 4) is 5.75 Å². The first-order chi connectivity index (χ1) is 8.19. The Balaban J connectivity index is 2.04. The number of ether oxygens (including phenoxy) is 1. The number of piperidine rings is 1. The summed E-state index contributed by atoms with van der Waals surface area (Å²) >= 11 is 0. The molecule has 0 saturated carbocycles. The predicted molar refractivity (Wildman–Crippen MR) is 68.0 cm³/mol. The standard InChI is InChI=1S/C13H21N3O/c1-10-7-13(11(8-14)9-15-10)17-12-3-5-16(2)6-4-12/h7,9,12H,3-6,8,14H2,1-2H3. The van der Waals surface area contributed by atoms with E-state index in [-0.39, 0.29) is 0 Å². The molecule has 0 spiro atoms. The molecule has 1 aromatic rings. The third-order valence-electron chi connectivity index (χ3n) is 3.26. The molecule has 1 aliphatic heterocycles. The van der Waals surface area contributed by atoms with Crippen molar-refractivity contribution < 1.29 is 4.74 Å². The van der Waals surface area contributed by atoms with Gasteiger partial charge >= 0.3 is 0 Å². The van der Waals surface area contributed by atoms with Gasteiger partial charge in [-0.15, -0.1) is 0 Å². The molecule has 17 heavy (non-hydrogen) atoms. The van der Waals surface area contributed by atoms with Crippen LogP contribution in [0.1, 0.15) is 24.1 Å². The molecule has 0 amide bonds. The lowest BCUT2D eigenvalue weighted by molar-refractivity contribution is 0.113. The molecule has 1 saturated heterocycles. The van der Waals surface area contributed by atoms with Crippen LogP contribution in [0, 0.1) is 6.92 Å². The maximum absolute atomic E-state index is 6.06. The SMILES string of the molecule is Cc1cc(OC2CCN(C)CC2)c(CN)cn1. The van der Waals surface area contributed by atoms with Gasteiger partial charge in [-0.25, -0.2) is 0 Å². The molecule has 0 unspecified atom stereocenters. The van der Waals surface area contributed by atoms with Gasteiger partial charge in [-0.05, 0) is 26.8 Å². The van der Waals surface area contributed by atoms with Crippen LogP contribution < -0.4 is 10.5 Å². The third-order valence-corrected chi connectivity index (χ3v) is 3.26. The number of hydrogen-bond donors (Lipinski definition) is 1. The maximum atomic E-state index is 6.06. The highest BCUT2D eigenvalue weighted by molar-refractivity contribution is 5.32. The van der Waals surface area contributed by atoms with Gasteiger partial charge in [-0.3, -0.25) is 4.98 Å². The van der Waals surface area contributed by atoms with Gasteiger partial charge in [-0.2, -0.15) is 0 Å². The number of hydrogen-bond acceptors (Lipinski definition) is 4. The zero-order valence-corrected chi connectivity index (χ0v) is 10.6. The summed E-state index contributed by atoms with van der Waals surface area (Å²) in [6, 6.07) is 1.99. The minimum atomic E-state index is 0.318.